The number of phenols is 1. The molecule has 25 heteroatoms. The highest BCUT2D eigenvalue weighted by molar-refractivity contribution is 5.98. The predicted molar refractivity (Wildman–Crippen MR) is 273 cm³/mol. The smallest absolute Gasteiger partial charge is 0.329 e. The number of aliphatic imine (C=N–C) groups is 1. The van der Waals surface area contributed by atoms with Crippen molar-refractivity contribution >= 4 is 59.2 Å². The highest BCUT2D eigenvalue weighted by Crippen LogP contribution is 2.23. The molecule has 2 aromatic carbocycles. The Labute approximate surface area is 434 Å². The first-order valence-corrected chi connectivity index (χ1v) is 24.6. The average Bonchev–Trinajstić information content (AvgIpc) is 4.06. The number of carboxylic acids is 2. The van der Waals surface area contributed by atoms with Crippen molar-refractivity contribution in [3.63, 3.8) is 0 Å². The number of carbonyl (C=O) groups excluding carboxylic acids is 7. The van der Waals surface area contributed by atoms with E-state index in [1.54, 1.807) is 58.0 Å². The van der Waals surface area contributed by atoms with Gasteiger partial charge in [0.25, 0.3) is 0 Å². The summed E-state index contributed by atoms with van der Waals surface area (Å²) in [5.74, 6) is -9.79. The molecule has 7 amide bonds. The number of aromatic amines is 1. The first kappa shape index (κ1) is 59.5. The lowest BCUT2D eigenvalue weighted by molar-refractivity contribution is -0.149. The number of nitrogens with one attached hydrogen (secondary N) is 7. The Morgan fingerprint density at radius 3 is 1.91 bits per heavy atom. The first-order chi connectivity index (χ1) is 35.4. The molecule has 25 nitrogen and oxygen atoms in total. The number of phenolic OH excluding ortho intramolecular Hbond substituents is 1. The quantitative estimate of drug-likeness (QED) is 0.0228. The zero-order valence-corrected chi connectivity index (χ0v) is 42.7. The van der Waals surface area contributed by atoms with Crippen LogP contribution in [0.15, 0.2) is 72.1 Å². The number of amides is 7. The molecule has 0 aliphatic carbocycles. The number of imidazole rings is 1. The third-order valence-corrected chi connectivity index (χ3v) is 12.5. The molecular weight excluding hydrogens is 975 g/mol. The van der Waals surface area contributed by atoms with Crippen LogP contribution in [-0.2, 0) is 62.4 Å². The van der Waals surface area contributed by atoms with Crippen LogP contribution in [0.5, 0.6) is 5.75 Å². The summed E-state index contributed by atoms with van der Waals surface area (Å²) in [5, 5.41) is 45.3. The normalized spacial score (nSPS) is 16.4. The second kappa shape index (κ2) is 27.8. The maximum atomic E-state index is 14.6. The number of hydrogen-bond acceptors (Lipinski definition) is 13. The number of aromatic nitrogens is 2. The van der Waals surface area contributed by atoms with Gasteiger partial charge in [-0.05, 0) is 67.7 Å². The van der Waals surface area contributed by atoms with Gasteiger partial charge in [-0.1, -0.05) is 70.2 Å². The van der Waals surface area contributed by atoms with Gasteiger partial charge in [0, 0.05) is 44.2 Å². The van der Waals surface area contributed by atoms with Crippen LogP contribution in [0, 0.1) is 11.8 Å². The summed E-state index contributed by atoms with van der Waals surface area (Å²) in [7, 11) is 0. The summed E-state index contributed by atoms with van der Waals surface area (Å²) in [5.41, 5.74) is 16.5. The zero-order valence-electron chi connectivity index (χ0n) is 42.7. The zero-order chi connectivity index (χ0) is 55.6. The second-order valence-corrected chi connectivity index (χ2v) is 19.4. The van der Waals surface area contributed by atoms with E-state index in [1.807, 2.05) is 0 Å². The Morgan fingerprint density at radius 1 is 0.773 bits per heavy atom. The van der Waals surface area contributed by atoms with Gasteiger partial charge in [-0.3, -0.25) is 43.3 Å². The van der Waals surface area contributed by atoms with E-state index < -0.39 is 119 Å². The van der Waals surface area contributed by atoms with Gasteiger partial charge in [-0.25, -0.2) is 9.78 Å². The fraction of sp³-hybridized carbons (Fsp3) is 0.500. The van der Waals surface area contributed by atoms with Gasteiger partial charge in [0.05, 0.1) is 18.8 Å². The van der Waals surface area contributed by atoms with Gasteiger partial charge in [0.15, 0.2) is 5.96 Å². The highest BCUT2D eigenvalue weighted by Gasteiger charge is 2.43. The Bertz CT molecular complexity index is 2490. The fourth-order valence-corrected chi connectivity index (χ4v) is 8.36. The summed E-state index contributed by atoms with van der Waals surface area (Å²) in [6, 6.07) is 5.18. The number of aromatic hydroxyl groups is 1. The maximum Gasteiger partial charge on any atom is 0.329 e. The molecule has 1 aromatic heterocycles. The van der Waals surface area contributed by atoms with E-state index in [0.717, 1.165) is 0 Å². The van der Waals surface area contributed by atoms with Gasteiger partial charge in [-0.15, -0.1) is 0 Å². The summed E-state index contributed by atoms with van der Waals surface area (Å²) in [6.07, 6.45) is 2.49. The van der Waals surface area contributed by atoms with Crippen LogP contribution < -0.4 is 49.1 Å². The van der Waals surface area contributed by atoms with Crippen molar-refractivity contribution < 1.29 is 58.5 Å². The van der Waals surface area contributed by atoms with E-state index in [-0.39, 0.29) is 63.3 Å². The molecular formula is C50H71N13O12. The van der Waals surface area contributed by atoms with Crippen LogP contribution in [0.4, 0.5) is 0 Å². The number of H-pyrrole nitrogens is 1. The Hall–Kier alpha value is -8.09. The SMILES string of the molecule is CC(C)[C@H](NC(=O)[C@H](CCCN=C(N)N)NC(=O)[C@@H](N)CC(=O)O)C(=O)N[C@@H](Cc1ccc(O)cc1)C(=O)N[C@H](C(=O)N[C@@H](Cc1cnc[nH]1)C(=O)N1CCC[C@H]1C(=O)N[C@@](C)(Cc1ccccc1)C(=O)O)C(C)C. The van der Waals surface area contributed by atoms with E-state index in [2.05, 4.69) is 46.9 Å². The summed E-state index contributed by atoms with van der Waals surface area (Å²) in [4.78, 5) is 134. The maximum absolute atomic E-state index is 14.6. The molecule has 0 spiro atoms. The number of likely N-dealkylation sites (tertiary alicyclic amines) is 1. The minimum atomic E-state index is -1.73. The Balaban J connectivity index is 1.58. The molecule has 0 unspecified atom stereocenters. The lowest BCUT2D eigenvalue weighted by Gasteiger charge is -2.33. The average molecular weight is 1050 g/mol. The van der Waals surface area contributed by atoms with Gasteiger partial charge in [0.1, 0.15) is 47.5 Å². The van der Waals surface area contributed by atoms with Crippen LogP contribution in [0.25, 0.3) is 0 Å². The van der Waals surface area contributed by atoms with Crippen LogP contribution >= 0.6 is 0 Å². The summed E-state index contributed by atoms with van der Waals surface area (Å²) in [6.45, 7) is 8.08. The number of nitrogens with zero attached hydrogens (tertiary/aromatic N) is 3. The summed E-state index contributed by atoms with van der Waals surface area (Å²) >= 11 is 0. The third-order valence-electron chi connectivity index (χ3n) is 12.5. The largest absolute Gasteiger partial charge is 0.508 e. The topological polar surface area (TPSA) is 409 Å². The van der Waals surface area contributed by atoms with Crippen molar-refractivity contribution in [1.82, 2.24) is 46.8 Å². The van der Waals surface area contributed by atoms with Crippen molar-refractivity contribution in [1.29, 1.82) is 0 Å². The van der Waals surface area contributed by atoms with Gasteiger partial charge in [-0.2, -0.15) is 0 Å². The molecule has 1 saturated heterocycles. The summed E-state index contributed by atoms with van der Waals surface area (Å²) < 4.78 is 0. The number of carboxylic acid groups (broad SMARTS) is 2. The van der Waals surface area contributed by atoms with E-state index in [4.69, 9.17) is 22.3 Å². The van der Waals surface area contributed by atoms with Crippen molar-refractivity contribution in [2.24, 2.45) is 34.0 Å². The molecule has 1 fully saturated rings. The number of carbonyl (C=O) groups is 9. The van der Waals surface area contributed by atoms with Crippen LogP contribution in [-0.4, -0.2) is 150 Å². The van der Waals surface area contributed by atoms with Gasteiger partial charge in [0.2, 0.25) is 41.4 Å². The third kappa shape index (κ3) is 18.1. The molecule has 8 atom stereocenters. The molecule has 1 aliphatic rings. The van der Waals surface area contributed by atoms with Crippen LogP contribution in [0.1, 0.15) is 83.5 Å². The van der Waals surface area contributed by atoms with E-state index >= 15 is 0 Å². The molecule has 2 heterocycles. The number of rotatable bonds is 28. The lowest BCUT2D eigenvalue weighted by Crippen LogP contribution is -2.62. The molecule has 0 bridgehead atoms. The Kier molecular flexibility index (Phi) is 22.1. The number of aliphatic carboxylic acids is 2. The highest BCUT2D eigenvalue weighted by atomic mass is 16.4. The number of guanidine groups is 1. The minimum Gasteiger partial charge on any atom is -0.508 e. The standard InChI is InChI=1S/C50H71N13O12/c1-27(2)39(60-42(68)34(13-9-19-55-49(52)53)57-41(67)33(51)23-38(65)66)45(71)58-35(21-29-15-17-32(64)18-16-29)43(69)61-40(28(3)4)46(72)59-36(22-31-25-54-26-56-31)47(73)63-20-10-14-37(63)44(70)62-50(5,48(74)75)24-30-11-7-6-8-12-30/h6-8,11-12,15-18,25-28,33-37,39-40,64H,9-10,13-14,19-24,51H2,1-5H3,(H,54,56)(H,57,67)(H,58,71)(H,59,72)(H,60,68)(H,61,69)(H,62,70)(H,65,66)(H,74,75)(H4,52,53,55)/t33-,34-,35-,36-,37-,39-,40-,50-/m0/s1. The molecule has 3 aromatic rings. The van der Waals surface area contributed by atoms with Crippen molar-refractivity contribution in [3.8, 4) is 5.75 Å². The number of hydrogen-bond donors (Lipinski definition) is 13. The van der Waals surface area contributed by atoms with Crippen molar-refractivity contribution in [2.45, 2.75) is 134 Å². The molecule has 16 N–H and O–H groups in total. The molecule has 75 heavy (non-hydrogen) atoms. The number of benzene rings is 2. The number of nitrogens with two attached hydrogens (primary N) is 3. The Morgan fingerprint density at radius 2 is 1.36 bits per heavy atom. The second-order valence-electron chi connectivity index (χ2n) is 19.4. The van der Waals surface area contributed by atoms with Crippen LogP contribution in [0.3, 0.4) is 0 Å². The van der Waals surface area contributed by atoms with E-state index in [0.29, 0.717) is 23.2 Å². The fourth-order valence-electron chi connectivity index (χ4n) is 8.36. The van der Waals surface area contributed by atoms with E-state index in [9.17, 15) is 53.4 Å². The molecule has 0 radical (unpaired) electrons. The van der Waals surface area contributed by atoms with Crippen molar-refractivity contribution in [3.05, 3.63) is 83.9 Å². The molecule has 4 rings (SSSR count). The first-order valence-electron chi connectivity index (χ1n) is 24.6. The van der Waals surface area contributed by atoms with Gasteiger partial charge >= 0.3 is 11.9 Å². The van der Waals surface area contributed by atoms with Crippen molar-refractivity contribution in [2.75, 3.05) is 13.1 Å². The molecule has 0 saturated carbocycles. The van der Waals surface area contributed by atoms with Gasteiger partial charge < -0.3 is 74.3 Å². The monoisotopic (exact) mass is 1050 g/mol. The van der Waals surface area contributed by atoms with Crippen LogP contribution in [0.2, 0.25) is 0 Å². The minimum absolute atomic E-state index is 0.0372. The predicted octanol–water partition coefficient (Wildman–Crippen LogP) is -1.31. The molecule has 408 valence electrons. The van der Waals surface area contributed by atoms with E-state index in [1.165, 1.54) is 48.6 Å². The lowest BCUT2D eigenvalue weighted by atomic mass is 9.92. The molecule has 1 aliphatic heterocycles.